The molecule has 0 saturated carbocycles. The van der Waals surface area contributed by atoms with Crippen molar-refractivity contribution in [3.8, 4) is 0 Å². The predicted octanol–water partition coefficient (Wildman–Crippen LogP) is 3.50. The largest absolute Gasteiger partial charge is 0.459 e. The highest BCUT2D eigenvalue weighted by atomic mass is 32.2. The molecule has 0 atom stereocenters. The topological polar surface area (TPSA) is 68.3 Å². The molecule has 0 radical (unpaired) electrons. The van der Waals surface area contributed by atoms with Crippen LogP contribution in [0.5, 0.6) is 0 Å². The van der Waals surface area contributed by atoms with Crippen LogP contribution in [-0.2, 0) is 14.3 Å². The number of thioether (sulfide) groups is 2. The van der Waals surface area contributed by atoms with E-state index in [1.807, 2.05) is 23.1 Å². The Bertz CT molecular complexity index is 610. The molecule has 1 N–H and O–H groups in total. The Balaban J connectivity index is 2.21. The molecule has 1 aliphatic heterocycles. The highest BCUT2D eigenvalue weighted by molar-refractivity contribution is 8.27. The molecular formula is C13H14N2O3S3. The predicted molar refractivity (Wildman–Crippen MR) is 88.1 cm³/mol. The molecule has 2 heterocycles. The molecule has 0 fully saturated rings. The van der Waals surface area contributed by atoms with E-state index >= 15 is 0 Å². The maximum atomic E-state index is 12.4. The lowest BCUT2D eigenvalue weighted by Crippen LogP contribution is -2.25. The van der Waals surface area contributed by atoms with Gasteiger partial charge in [-0.05, 0) is 31.6 Å². The number of ether oxygens (including phenoxy) is 1. The van der Waals surface area contributed by atoms with Gasteiger partial charge >= 0.3 is 5.97 Å². The first kappa shape index (κ1) is 16.1. The van der Waals surface area contributed by atoms with E-state index in [1.165, 1.54) is 34.9 Å². The quantitative estimate of drug-likeness (QED) is 0.391. The Morgan fingerprint density at radius 3 is 2.48 bits per heavy atom. The van der Waals surface area contributed by atoms with E-state index in [-0.39, 0.29) is 11.7 Å². The van der Waals surface area contributed by atoms with E-state index in [9.17, 15) is 9.59 Å². The first-order valence-electron chi connectivity index (χ1n) is 6.14. The van der Waals surface area contributed by atoms with Gasteiger partial charge in [-0.3, -0.25) is 10.1 Å². The highest BCUT2D eigenvalue weighted by Crippen LogP contribution is 2.40. The van der Waals surface area contributed by atoms with Gasteiger partial charge in [0.15, 0.2) is 5.13 Å². The van der Waals surface area contributed by atoms with Crippen molar-refractivity contribution in [3.05, 3.63) is 31.7 Å². The van der Waals surface area contributed by atoms with E-state index in [0.29, 0.717) is 9.37 Å². The molecule has 0 unspecified atom stereocenters. The number of nitrogens with zero attached hydrogens (tertiary/aromatic N) is 1. The van der Waals surface area contributed by atoms with Gasteiger partial charge in [0, 0.05) is 5.38 Å². The van der Waals surface area contributed by atoms with E-state index < -0.39 is 11.9 Å². The fraction of sp³-hybridized carbons (Fsp3) is 0.308. The van der Waals surface area contributed by atoms with Crippen LogP contribution in [0.3, 0.4) is 0 Å². The van der Waals surface area contributed by atoms with Gasteiger partial charge in [0.05, 0.1) is 16.0 Å². The third kappa shape index (κ3) is 4.36. The van der Waals surface area contributed by atoms with Crippen LogP contribution in [0.25, 0.3) is 0 Å². The minimum Gasteiger partial charge on any atom is -0.459 e. The number of nitrogens with one attached hydrogen (secondary N) is 1. The summed E-state index contributed by atoms with van der Waals surface area (Å²) in [6.45, 7) is 5.33. The average Bonchev–Trinajstić information content (AvgIpc) is 3.01. The normalized spacial score (nSPS) is 13.6. The summed E-state index contributed by atoms with van der Waals surface area (Å²) >= 11 is 3.98. The summed E-state index contributed by atoms with van der Waals surface area (Å²) in [5.74, 6) is -1.11. The summed E-state index contributed by atoms with van der Waals surface area (Å²) in [6.07, 6.45) is -0.285. The molecule has 1 aliphatic rings. The monoisotopic (exact) mass is 342 g/mol. The van der Waals surface area contributed by atoms with Crippen LogP contribution in [0, 0.1) is 6.92 Å². The number of hydrogen-bond donors (Lipinski definition) is 1. The van der Waals surface area contributed by atoms with E-state index in [2.05, 4.69) is 10.3 Å². The van der Waals surface area contributed by atoms with Crippen LogP contribution in [0.1, 0.15) is 19.5 Å². The summed E-state index contributed by atoms with van der Waals surface area (Å²) < 4.78 is 5.78. The van der Waals surface area contributed by atoms with Crippen molar-refractivity contribution in [2.75, 3.05) is 5.32 Å². The summed E-state index contributed by atoms with van der Waals surface area (Å²) in [4.78, 5) is 28.7. The number of aryl methyl sites for hydroxylation is 1. The number of esters is 1. The Morgan fingerprint density at radius 2 is 1.95 bits per heavy atom. The Hall–Kier alpha value is -1.25. The molecule has 0 aromatic carbocycles. The molecule has 5 nitrogen and oxygen atoms in total. The summed E-state index contributed by atoms with van der Waals surface area (Å²) in [5.41, 5.74) is 0.845. The fourth-order valence-corrected chi connectivity index (χ4v) is 3.96. The number of hydrogen-bond acceptors (Lipinski definition) is 7. The zero-order valence-electron chi connectivity index (χ0n) is 11.7. The molecule has 0 aliphatic carbocycles. The van der Waals surface area contributed by atoms with Crippen LogP contribution in [0.15, 0.2) is 26.0 Å². The smallest absolute Gasteiger partial charge is 0.345 e. The average molecular weight is 342 g/mol. The molecule has 1 amide bonds. The molecule has 1 aromatic rings. The van der Waals surface area contributed by atoms with E-state index in [4.69, 9.17) is 4.74 Å². The lowest BCUT2D eigenvalue weighted by Gasteiger charge is -2.12. The number of rotatable bonds is 4. The van der Waals surface area contributed by atoms with Crippen molar-refractivity contribution in [2.45, 2.75) is 26.9 Å². The highest BCUT2D eigenvalue weighted by Gasteiger charge is 2.27. The Morgan fingerprint density at radius 1 is 1.29 bits per heavy atom. The molecule has 21 heavy (non-hydrogen) atoms. The van der Waals surface area contributed by atoms with Gasteiger partial charge in [0.25, 0.3) is 5.91 Å². The summed E-state index contributed by atoms with van der Waals surface area (Å²) in [7, 11) is 0. The van der Waals surface area contributed by atoms with Gasteiger partial charge in [-0.15, -0.1) is 11.3 Å². The number of thiazole rings is 1. The third-order valence-corrected chi connectivity index (χ3v) is 5.23. The Labute approximate surface area is 135 Å². The van der Waals surface area contributed by atoms with E-state index in [1.54, 1.807) is 13.8 Å². The van der Waals surface area contributed by atoms with Gasteiger partial charge in [-0.1, -0.05) is 23.5 Å². The molecule has 8 heteroatoms. The second-order valence-corrected chi connectivity index (χ2v) is 7.32. The maximum absolute atomic E-state index is 12.4. The molecule has 1 aromatic heterocycles. The van der Waals surface area contributed by atoms with Crippen molar-refractivity contribution in [2.24, 2.45) is 0 Å². The molecule has 0 bridgehead atoms. The molecule has 112 valence electrons. The van der Waals surface area contributed by atoms with Crippen molar-refractivity contribution >= 4 is 51.9 Å². The second kappa shape index (κ2) is 7.15. The first-order valence-corrected chi connectivity index (χ1v) is 8.78. The number of carbonyl (C=O) groups is 2. The van der Waals surface area contributed by atoms with Crippen molar-refractivity contribution in [3.63, 3.8) is 0 Å². The van der Waals surface area contributed by atoms with Crippen LogP contribution >= 0.6 is 34.9 Å². The van der Waals surface area contributed by atoms with Crippen LogP contribution in [0.4, 0.5) is 5.13 Å². The molecule has 0 spiro atoms. The van der Waals surface area contributed by atoms with Crippen molar-refractivity contribution in [1.29, 1.82) is 0 Å². The SMILES string of the molecule is Cc1csc(NC(=O)C(C(=O)OC(C)C)=C2SC=CS2)n1. The van der Waals surface area contributed by atoms with Crippen molar-refractivity contribution < 1.29 is 14.3 Å². The molecular weight excluding hydrogens is 328 g/mol. The van der Waals surface area contributed by atoms with Crippen LogP contribution in [0.2, 0.25) is 0 Å². The molecule has 2 rings (SSSR count). The van der Waals surface area contributed by atoms with Crippen molar-refractivity contribution in [1.82, 2.24) is 4.98 Å². The lowest BCUT2D eigenvalue weighted by molar-refractivity contribution is -0.143. The number of anilines is 1. The minimum atomic E-state index is -0.616. The van der Waals surface area contributed by atoms with Gasteiger partial charge in [0.1, 0.15) is 5.57 Å². The van der Waals surface area contributed by atoms with Gasteiger partial charge in [0.2, 0.25) is 0 Å². The lowest BCUT2D eigenvalue weighted by atomic mass is 10.3. The number of amides is 1. The number of aromatic nitrogens is 1. The third-order valence-electron chi connectivity index (χ3n) is 2.22. The second-order valence-electron chi connectivity index (χ2n) is 4.37. The zero-order chi connectivity index (χ0) is 15.4. The standard InChI is InChI=1S/C13H14N2O3S3/c1-7(2)18-11(17)9(12-19-4-5-20-12)10(16)15-13-14-8(3)6-21-13/h4-7H,1-3H3,(H,14,15,16). The minimum absolute atomic E-state index is 0.0246. The Kier molecular flexibility index (Phi) is 5.49. The fourth-order valence-electron chi connectivity index (χ4n) is 1.44. The first-order chi connectivity index (χ1) is 9.97. The van der Waals surface area contributed by atoms with Gasteiger partial charge in [-0.2, -0.15) is 0 Å². The maximum Gasteiger partial charge on any atom is 0.345 e. The van der Waals surface area contributed by atoms with Crippen LogP contribution < -0.4 is 5.32 Å². The van der Waals surface area contributed by atoms with Gasteiger partial charge in [-0.25, -0.2) is 9.78 Å². The zero-order valence-corrected chi connectivity index (χ0v) is 14.2. The van der Waals surface area contributed by atoms with Gasteiger partial charge < -0.3 is 4.74 Å². The molecule has 0 saturated heterocycles. The van der Waals surface area contributed by atoms with Crippen LogP contribution in [-0.4, -0.2) is 23.0 Å². The van der Waals surface area contributed by atoms with E-state index in [0.717, 1.165) is 5.69 Å². The summed E-state index contributed by atoms with van der Waals surface area (Å²) in [6, 6.07) is 0. The number of carbonyl (C=O) groups excluding carboxylic acids is 2. The summed E-state index contributed by atoms with van der Waals surface area (Å²) in [5, 5.41) is 8.59.